The molecule has 0 radical (unpaired) electrons. The highest BCUT2D eigenvalue weighted by molar-refractivity contribution is 8.00. The predicted molar refractivity (Wildman–Crippen MR) is 109 cm³/mol. The Labute approximate surface area is 164 Å². The minimum absolute atomic E-state index is 0.0165. The summed E-state index contributed by atoms with van der Waals surface area (Å²) >= 11 is 1.44. The van der Waals surface area contributed by atoms with Crippen LogP contribution in [0.5, 0.6) is 0 Å². The van der Waals surface area contributed by atoms with E-state index in [1.807, 2.05) is 54.8 Å². The summed E-state index contributed by atoms with van der Waals surface area (Å²) < 4.78 is 2.05. The van der Waals surface area contributed by atoms with Crippen molar-refractivity contribution in [1.29, 1.82) is 0 Å². The number of rotatable bonds is 8. The first-order chi connectivity index (χ1) is 13.1. The fourth-order valence-electron chi connectivity index (χ4n) is 2.73. The first-order valence-electron chi connectivity index (χ1n) is 9.05. The molecule has 6 heteroatoms. The second-order valence-electron chi connectivity index (χ2n) is 6.39. The normalized spacial score (nSPS) is 11.9. The third-order valence-electron chi connectivity index (χ3n) is 4.29. The molecule has 27 heavy (non-hydrogen) atoms. The summed E-state index contributed by atoms with van der Waals surface area (Å²) in [5.41, 5.74) is 2.40. The minimum Gasteiger partial charge on any atom is -0.355 e. The van der Waals surface area contributed by atoms with Crippen molar-refractivity contribution in [1.82, 2.24) is 20.1 Å². The highest BCUT2D eigenvalue weighted by Gasteiger charge is 2.19. The molecule has 3 aromatic rings. The van der Waals surface area contributed by atoms with Crippen LogP contribution in [0.2, 0.25) is 0 Å². The zero-order valence-corrected chi connectivity index (χ0v) is 16.4. The largest absolute Gasteiger partial charge is 0.355 e. The van der Waals surface area contributed by atoms with Gasteiger partial charge in [-0.05, 0) is 31.4 Å². The van der Waals surface area contributed by atoms with Crippen molar-refractivity contribution in [2.24, 2.45) is 0 Å². The van der Waals surface area contributed by atoms with Gasteiger partial charge in [0.2, 0.25) is 5.91 Å². The Morgan fingerprint density at radius 2 is 1.67 bits per heavy atom. The molecule has 5 nitrogen and oxygen atoms in total. The minimum atomic E-state index is -0.237. The molecule has 1 amide bonds. The van der Waals surface area contributed by atoms with E-state index in [4.69, 9.17) is 0 Å². The van der Waals surface area contributed by atoms with Gasteiger partial charge >= 0.3 is 0 Å². The van der Waals surface area contributed by atoms with Gasteiger partial charge in [-0.2, -0.15) is 0 Å². The third kappa shape index (κ3) is 5.44. The molecule has 0 aliphatic carbocycles. The van der Waals surface area contributed by atoms with Crippen molar-refractivity contribution in [3.8, 4) is 0 Å². The summed E-state index contributed by atoms with van der Waals surface area (Å²) in [5, 5.41) is 12.0. The highest BCUT2D eigenvalue weighted by atomic mass is 32.2. The molecule has 0 spiro atoms. The quantitative estimate of drug-likeness (QED) is 0.608. The first-order valence-corrected chi connectivity index (χ1v) is 9.93. The SMILES string of the molecule is Cc1nnc(SC(C)C(=O)NCCc2ccccc2)n1Cc1ccccc1. The lowest BCUT2D eigenvalue weighted by atomic mass is 10.1. The van der Waals surface area contributed by atoms with E-state index in [2.05, 4.69) is 39.8 Å². The summed E-state index contributed by atoms with van der Waals surface area (Å²) in [6, 6.07) is 20.3. The Morgan fingerprint density at radius 3 is 2.33 bits per heavy atom. The lowest BCUT2D eigenvalue weighted by Crippen LogP contribution is -2.32. The van der Waals surface area contributed by atoms with Crippen LogP contribution in [0.15, 0.2) is 65.8 Å². The van der Waals surface area contributed by atoms with Gasteiger partial charge in [-0.25, -0.2) is 0 Å². The van der Waals surface area contributed by atoms with Crippen LogP contribution in [0.3, 0.4) is 0 Å². The van der Waals surface area contributed by atoms with Crippen LogP contribution in [0.25, 0.3) is 0 Å². The number of nitrogens with one attached hydrogen (secondary N) is 1. The fourth-order valence-corrected chi connectivity index (χ4v) is 3.65. The topological polar surface area (TPSA) is 59.8 Å². The van der Waals surface area contributed by atoms with Crippen LogP contribution in [0.1, 0.15) is 23.9 Å². The number of carbonyl (C=O) groups excluding carboxylic acids is 1. The molecule has 0 bridgehead atoms. The summed E-state index contributed by atoms with van der Waals surface area (Å²) in [6.45, 7) is 5.16. The molecule has 1 heterocycles. The molecule has 140 valence electrons. The van der Waals surface area contributed by atoms with E-state index in [9.17, 15) is 4.79 Å². The highest BCUT2D eigenvalue weighted by Crippen LogP contribution is 2.23. The van der Waals surface area contributed by atoms with Gasteiger partial charge < -0.3 is 9.88 Å². The average molecular weight is 381 g/mol. The predicted octanol–water partition coefficient (Wildman–Crippen LogP) is 3.47. The maximum Gasteiger partial charge on any atom is 0.233 e. The standard InChI is InChI=1S/C21H24N4OS/c1-16(20(26)22-14-13-18-9-5-3-6-10-18)27-21-24-23-17(2)25(21)15-19-11-7-4-8-12-19/h3-12,16H,13-15H2,1-2H3,(H,22,26). The van der Waals surface area contributed by atoms with E-state index in [0.717, 1.165) is 17.4 Å². The monoisotopic (exact) mass is 380 g/mol. The second kappa shape index (κ2) is 9.37. The number of hydrogen-bond donors (Lipinski definition) is 1. The van der Waals surface area contributed by atoms with Crippen molar-refractivity contribution in [3.05, 3.63) is 77.6 Å². The Bertz CT molecular complexity index is 864. The lowest BCUT2D eigenvalue weighted by molar-refractivity contribution is -0.120. The van der Waals surface area contributed by atoms with Gasteiger partial charge in [0, 0.05) is 6.54 Å². The number of thioether (sulfide) groups is 1. The molecule has 0 saturated heterocycles. The van der Waals surface area contributed by atoms with Crippen molar-refractivity contribution >= 4 is 17.7 Å². The zero-order chi connectivity index (χ0) is 19.1. The van der Waals surface area contributed by atoms with Crippen molar-refractivity contribution in [2.75, 3.05) is 6.54 Å². The first kappa shape index (κ1) is 19.2. The fraction of sp³-hybridized carbons (Fsp3) is 0.286. The number of hydrogen-bond acceptors (Lipinski definition) is 4. The van der Waals surface area contributed by atoms with E-state index in [1.165, 1.54) is 22.9 Å². The van der Waals surface area contributed by atoms with Crippen LogP contribution in [0, 0.1) is 6.92 Å². The molecule has 1 aromatic heterocycles. The van der Waals surface area contributed by atoms with Crippen molar-refractivity contribution < 1.29 is 4.79 Å². The van der Waals surface area contributed by atoms with Gasteiger partial charge in [0.1, 0.15) is 5.82 Å². The van der Waals surface area contributed by atoms with Gasteiger partial charge in [-0.15, -0.1) is 10.2 Å². The molecular weight excluding hydrogens is 356 g/mol. The van der Waals surface area contributed by atoms with E-state index in [-0.39, 0.29) is 11.2 Å². The van der Waals surface area contributed by atoms with Gasteiger partial charge in [-0.1, -0.05) is 72.4 Å². The maximum atomic E-state index is 12.4. The van der Waals surface area contributed by atoms with Gasteiger partial charge in [0.25, 0.3) is 0 Å². The number of amides is 1. The van der Waals surface area contributed by atoms with E-state index >= 15 is 0 Å². The molecule has 0 aliphatic heterocycles. The van der Waals surface area contributed by atoms with E-state index < -0.39 is 0 Å². The van der Waals surface area contributed by atoms with E-state index in [0.29, 0.717) is 13.1 Å². The molecule has 0 aliphatic rings. The lowest BCUT2D eigenvalue weighted by Gasteiger charge is -2.13. The number of aromatic nitrogens is 3. The molecule has 1 atom stereocenters. The maximum absolute atomic E-state index is 12.4. The van der Waals surface area contributed by atoms with Crippen LogP contribution in [-0.2, 0) is 17.8 Å². The van der Waals surface area contributed by atoms with Crippen LogP contribution >= 0.6 is 11.8 Å². The van der Waals surface area contributed by atoms with Crippen molar-refractivity contribution in [2.45, 2.75) is 37.2 Å². The Morgan fingerprint density at radius 1 is 1.04 bits per heavy atom. The third-order valence-corrected chi connectivity index (χ3v) is 5.37. The van der Waals surface area contributed by atoms with Gasteiger partial charge in [-0.3, -0.25) is 4.79 Å². The summed E-state index contributed by atoms with van der Waals surface area (Å²) in [4.78, 5) is 12.4. The van der Waals surface area contributed by atoms with Gasteiger partial charge in [0.05, 0.1) is 11.8 Å². The molecule has 0 saturated carbocycles. The zero-order valence-electron chi connectivity index (χ0n) is 15.6. The molecular formula is C21H24N4OS. The second-order valence-corrected chi connectivity index (χ2v) is 7.70. The Balaban J connectivity index is 1.55. The summed E-state index contributed by atoms with van der Waals surface area (Å²) in [5.74, 6) is 0.862. The molecule has 1 unspecified atom stereocenters. The summed E-state index contributed by atoms with van der Waals surface area (Å²) in [6.07, 6.45) is 0.827. The van der Waals surface area contributed by atoms with Crippen LogP contribution < -0.4 is 5.32 Å². The molecule has 1 N–H and O–H groups in total. The number of nitrogens with zero attached hydrogens (tertiary/aromatic N) is 3. The van der Waals surface area contributed by atoms with Crippen LogP contribution in [0.4, 0.5) is 0 Å². The molecule has 2 aromatic carbocycles. The number of carbonyl (C=O) groups is 1. The smallest absolute Gasteiger partial charge is 0.233 e. The Hall–Kier alpha value is -2.60. The van der Waals surface area contributed by atoms with Crippen LogP contribution in [-0.4, -0.2) is 32.5 Å². The number of aryl methyl sites for hydroxylation is 1. The van der Waals surface area contributed by atoms with E-state index in [1.54, 1.807) is 0 Å². The average Bonchev–Trinajstić information content (AvgIpc) is 3.03. The number of benzene rings is 2. The van der Waals surface area contributed by atoms with Gasteiger partial charge in [0.15, 0.2) is 5.16 Å². The Kier molecular flexibility index (Phi) is 6.65. The van der Waals surface area contributed by atoms with Crippen molar-refractivity contribution in [3.63, 3.8) is 0 Å². The summed E-state index contributed by atoms with van der Waals surface area (Å²) in [7, 11) is 0. The molecule has 3 rings (SSSR count). The molecule has 0 fully saturated rings.